The number of hydrogen-bond donors (Lipinski definition) is 2. The molecule has 5 heteroatoms. The van der Waals surface area contributed by atoms with E-state index in [1.54, 1.807) is 11.3 Å². The van der Waals surface area contributed by atoms with E-state index in [1.165, 1.54) is 12.8 Å². The lowest BCUT2D eigenvalue weighted by Crippen LogP contribution is -2.43. The number of aromatic nitrogens is 3. The van der Waals surface area contributed by atoms with Gasteiger partial charge in [-0.15, -0.1) is 11.3 Å². The number of H-pyrrole nitrogens is 1. The minimum Gasteiger partial charge on any atom is -0.316 e. The normalized spacial score (nSPS) is 24.3. The zero-order chi connectivity index (χ0) is 12.4. The number of nitrogens with zero attached hydrogens (tertiary/aromatic N) is 2. The molecule has 0 aliphatic carbocycles. The lowest BCUT2D eigenvalue weighted by Gasteiger charge is -2.34. The molecular weight excluding hydrogens is 244 g/mol. The molecule has 18 heavy (non-hydrogen) atoms. The molecule has 0 amide bonds. The Kier molecular flexibility index (Phi) is 3.18. The Balaban J connectivity index is 1.92. The van der Waals surface area contributed by atoms with Crippen molar-refractivity contribution in [1.82, 2.24) is 20.5 Å². The third kappa shape index (κ3) is 1.97. The van der Waals surface area contributed by atoms with E-state index in [4.69, 9.17) is 4.98 Å². The van der Waals surface area contributed by atoms with E-state index in [2.05, 4.69) is 33.9 Å². The fourth-order valence-corrected chi connectivity index (χ4v) is 3.31. The van der Waals surface area contributed by atoms with Crippen LogP contribution in [0, 0.1) is 0 Å². The van der Waals surface area contributed by atoms with Crippen LogP contribution in [0.1, 0.15) is 32.0 Å². The van der Waals surface area contributed by atoms with Crippen molar-refractivity contribution in [3.63, 3.8) is 0 Å². The van der Waals surface area contributed by atoms with Crippen LogP contribution in [0.4, 0.5) is 0 Å². The minimum atomic E-state index is 0.140. The molecule has 3 rings (SSSR count). The lowest BCUT2D eigenvalue weighted by molar-refractivity contribution is 0.288. The van der Waals surface area contributed by atoms with E-state index in [0.29, 0.717) is 0 Å². The van der Waals surface area contributed by atoms with E-state index in [9.17, 15) is 0 Å². The average molecular weight is 262 g/mol. The number of hydrogen-bond acceptors (Lipinski definition) is 4. The molecule has 0 radical (unpaired) electrons. The Labute approximate surface area is 111 Å². The van der Waals surface area contributed by atoms with Crippen molar-refractivity contribution < 1.29 is 0 Å². The topological polar surface area (TPSA) is 53.6 Å². The highest BCUT2D eigenvalue weighted by Gasteiger charge is 2.35. The van der Waals surface area contributed by atoms with Crippen LogP contribution in [0.2, 0.25) is 0 Å². The van der Waals surface area contributed by atoms with Crippen molar-refractivity contribution in [3.8, 4) is 10.7 Å². The summed E-state index contributed by atoms with van der Waals surface area (Å²) in [5, 5.41) is 13.1. The van der Waals surface area contributed by atoms with Gasteiger partial charge in [-0.05, 0) is 37.3 Å². The zero-order valence-corrected chi connectivity index (χ0v) is 11.4. The number of nitrogens with one attached hydrogen (secondary N) is 2. The Morgan fingerprint density at radius 1 is 1.50 bits per heavy atom. The summed E-state index contributed by atoms with van der Waals surface area (Å²) in [7, 11) is 0. The van der Waals surface area contributed by atoms with Gasteiger partial charge < -0.3 is 5.32 Å². The first-order chi connectivity index (χ1) is 8.84. The molecule has 0 aromatic carbocycles. The van der Waals surface area contributed by atoms with Gasteiger partial charge in [0.25, 0.3) is 0 Å². The molecule has 2 N–H and O–H groups in total. The zero-order valence-electron chi connectivity index (χ0n) is 10.6. The maximum atomic E-state index is 4.72. The second kappa shape index (κ2) is 4.82. The summed E-state index contributed by atoms with van der Waals surface area (Å²) in [6, 6.07) is 4.10. The molecule has 1 aliphatic rings. The average Bonchev–Trinajstić information content (AvgIpc) is 3.10. The summed E-state index contributed by atoms with van der Waals surface area (Å²) in [5.74, 6) is 1.87. The highest BCUT2D eigenvalue weighted by molar-refractivity contribution is 7.13. The third-order valence-electron chi connectivity index (χ3n) is 3.88. The van der Waals surface area contributed by atoms with Crippen LogP contribution in [0.3, 0.4) is 0 Å². The smallest absolute Gasteiger partial charge is 0.191 e. The molecule has 4 nitrogen and oxygen atoms in total. The predicted molar refractivity (Wildman–Crippen MR) is 73.8 cm³/mol. The number of piperidine rings is 1. The van der Waals surface area contributed by atoms with Gasteiger partial charge in [0.05, 0.1) is 4.88 Å². The van der Waals surface area contributed by atoms with E-state index >= 15 is 0 Å². The van der Waals surface area contributed by atoms with Gasteiger partial charge in [0, 0.05) is 12.0 Å². The molecule has 2 aromatic rings. The van der Waals surface area contributed by atoms with E-state index in [-0.39, 0.29) is 5.41 Å². The van der Waals surface area contributed by atoms with Crippen molar-refractivity contribution >= 4 is 11.3 Å². The Hall–Kier alpha value is -1.20. The largest absolute Gasteiger partial charge is 0.316 e. The quantitative estimate of drug-likeness (QED) is 0.894. The molecule has 1 saturated heterocycles. The fraction of sp³-hybridized carbons (Fsp3) is 0.538. The fourth-order valence-electron chi connectivity index (χ4n) is 2.65. The molecule has 0 bridgehead atoms. The first-order valence-corrected chi connectivity index (χ1v) is 7.39. The summed E-state index contributed by atoms with van der Waals surface area (Å²) in [6.45, 7) is 4.36. The molecule has 3 heterocycles. The minimum absolute atomic E-state index is 0.140. The first kappa shape index (κ1) is 11.9. The van der Waals surface area contributed by atoms with Gasteiger partial charge in [0.1, 0.15) is 5.82 Å². The Morgan fingerprint density at radius 3 is 3.11 bits per heavy atom. The van der Waals surface area contributed by atoms with E-state index in [1.807, 2.05) is 6.07 Å². The summed E-state index contributed by atoms with van der Waals surface area (Å²) in [6.07, 6.45) is 3.50. The highest BCUT2D eigenvalue weighted by Crippen LogP contribution is 2.33. The number of rotatable bonds is 3. The van der Waals surface area contributed by atoms with Crippen LogP contribution in [-0.4, -0.2) is 28.3 Å². The van der Waals surface area contributed by atoms with Crippen molar-refractivity contribution in [2.24, 2.45) is 0 Å². The number of aromatic amines is 1. The molecule has 0 saturated carbocycles. The summed E-state index contributed by atoms with van der Waals surface area (Å²) in [4.78, 5) is 5.86. The van der Waals surface area contributed by atoms with Gasteiger partial charge in [-0.2, -0.15) is 5.10 Å². The van der Waals surface area contributed by atoms with Gasteiger partial charge in [0.15, 0.2) is 5.82 Å². The van der Waals surface area contributed by atoms with Gasteiger partial charge in [0.2, 0.25) is 0 Å². The summed E-state index contributed by atoms with van der Waals surface area (Å²) >= 11 is 1.68. The van der Waals surface area contributed by atoms with Crippen molar-refractivity contribution in [2.45, 2.75) is 31.6 Å². The second-order valence-electron chi connectivity index (χ2n) is 4.90. The maximum absolute atomic E-state index is 4.72. The molecule has 2 aromatic heterocycles. The molecule has 1 atom stereocenters. The second-order valence-corrected chi connectivity index (χ2v) is 5.85. The number of thiophene rings is 1. The van der Waals surface area contributed by atoms with Crippen LogP contribution >= 0.6 is 11.3 Å². The predicted octanol–water partition coefficient (Wildman–Crippen LogP) is 2.56. The molecule has 1 unspecified atom stereocenters. The van der Waals surface area contributed by atoms with Crippen molar-refractivity contribution in [3.05, 3.63) is 23.3 Å². The Bertz CT molecular complexity index is 497. The molecule has 1 fully saturated rings. The molecule has 96 valence electrons. The highest BCUT2D eigenvalue weighted by atomic mass is 32.1. The molecule has 1 aliphatic heterocycles. The maximum Gasteiger partial charge on any atom is 0.191 e. The first-order valence-electron chi connectivity index (χ1n) is 6.51. The summed E-state index contributed by atoms with van der Waals surface area (Å²) in [5.41, 5.74) is 0.140. The Morgan fingerprint density at radius 2 is 2.44 bits per heavy atom. The summed E-state index contributed by atoms with van der Waals surface area (Å²) < 4.78 is 0. The molecular formula is C13H18N4S. The van der Waals surface area contributed by atoms with Crippen molar-refractivity contribution in [1.29, 1.82) is 0 Å². The van der Waals surface area contributed by atoms with Crippen LogP contribution in [0.25, 0.3) is 10.7 Å². The van der Waals surface area contributed by atoms with Crippen LogP contribution < -0.4 is 5.32 Å². The lowest BCUT2D eigenvalue weighted by atomic mass is 9.78. The van der Waals surface area contributed by atoms with Crippen LogP contribution in [0.15, 0.2) is 17.5 Å². The van der Waals surface area contributed by atoms with Gasteiger partial charge in [-0.25, -0.2) is 4.98 Å². The van der Waals surface area contributed by atoms with Gasteiger partial charge in [-0.1, -0.05) is 13.0 Å². The standard InChI is InChI=1S/C13H18N4S/c1-2-13(6-4-7-14-9-13)12-15-11(16-17-12)10-5-3-8-18-10/h3,5,8,14H,2,4,6-7,9H2,1H3,(H,15,16,17). The molecule has 0 spiro atoms. The third-order valence-corrected chi connectivity index (χ3v) is 4.74. The SMILES string of the molecule is CCC1(c2nc(-c3cccs3)n[nH]2)CCCNC1. The van der Waals surface area contributed by atoms with E-state index < -0.39 is 0 Å². The van der Waals surface area contributed by atoms with Gasteiger partial charge >= 0.3 is 0 Å². The van der Waals surface area contributed by atoms with E-state index in [0.717, 1.165) is 36.0 Å². The van der Waals surface area contributed by atoms with Gasteiger partial charge in [-0.3, -0.25) is 5.10 Å². The van der Waals surface area contributed by atoms with Crippen molar-refractivity contribution in [2.75, 3.05) is 13.1 Å². The van der Waals surface area contributed by atoms with Crippen LogP contribution in [0.5, 0.6) is 0 Å². The van der Waals surface area contributed by atoms with Crippen LogP contribution in [-0.2, 0) is 5.41 Å². The monoisotopic (exact) mass is 262 g/mol.